The van der Waals surface area contributed by atoms with Gasteiger partial charge in [0.2, 0.25) is 6.79 Å². The number of benzene rings is 2. The Morgan fingerprint density at radius 1 is 1.11 bits per heavy atom. The zero-order valence-electron chi connectivity index (χ0n) is 15.2. The second-order valence-electron chi connectivity index (χ2n) is 6.37. The van der Waals surface area contributed by atoms with Gasteiger partial charge in [-0.15, -0.1) is 0 Å². The van der Waals surface area contributed by atoms with Crippen LogP contribution in [-0.4, -0.2) is 30.3 Å². The van der Waals surface area contributed by atoms with Crippen LogP contribution in [0.2, 0.25) is 0 Å². The Kier molecular flexibility index (Phi) is 5.61. The number of aryl methyl sites for hydroxylation is 1. The molecule has 3 N–H and O–H groups in total. The first kappa shape index (κ1) is 18.7. The molecule has 1 heterocycles. The van der Waals surface area contributed by atoms with Crippen LogP contribution in [0.1, 0.15) is 29.2 Å². The van der Waals surface area contributed by atoms with Crippen molar-refractivity contribution in [3.05, 3.63) is 53.1 Å². The number of aliphatic hydroxyl groups excluding tert-OH is 1. The van der Waals surface area contributed by atoms with E-state index in [0.717, 1.165) is 11.1 Å². The third-order valence-electron chi connectivity index (χ3n) is 4.54. The minimum absolute atomic E-state index is 0.161. The Labute approximate surface area is 157 Å². The maximum atomic E-state index is 12.0. The molecule has 0 aliphatic carbocycles. The van der Waals surface area contributed by atoms with Crippen LogP contribution in [0.15, 0.2) is 36.4 Å². The van der Waals surface area contributed by atoms with Crippen LogP contribution < -0.4 is 20.1 Å². The topological polar surface area (TPSA) is 96.9 Å². The van der Waals surface area contributed by atoms with Crippen molar-refractivity contribution in [2.24, 2.45) is 0 Å². The summed E-state index contributed by atoms with van der Waals surface area (Å²) in [5.74, 6) is -0.249. The molecule has 1 aliphatic rings. The quantitative estimate of drug-likeness (QED) is 0.701. The molecule has 0 spiro atoms. The van der Waals surface area contributed by atoms with Gasteiger partial charge >= 0.3 is 11.8 Å². The molecule has 2 amide bonds. The molecule has 0 radical (unpaired) electrons. The molecule has 3 rings (SSSR count). The molecule has 1 unspecified atom stereocenters. The van der Waals surface area contributed by atoms with Gasteiger partial charge in [-0.1, -0.05) is 18.2 Å². The molecule has 142 valence electrons. The Hall–Kier alpha value is -3.06. The average molecular weight is 370 g/mol. The largest absolute Gasteiger partial charge is 0.454 e. The van der Waals surface area contributed by atoms with Crippen LogP contribution in [-0.2, 0) is 9.59 Å². The van der Waals surface area contributed by atoms with E-state index in [2.05, 4.69) is 10.6 Å². The van der Waals surface area contributed by atoms with Crippen LogP contribution in [0, 0.1) is 13.8 Å². The van der Waals surface area contributed by atoms with Crippen molar-refractivity contribution in [3.63, 3.8) is 0 Å². The second kappa shape index (κ2) is 8.09. The number of hydrogen-bond acceptors (Lipinski definition) is 5. The van der Waals surface area contributed by atoms with Crippen LogP contribution >= 0.6 is 0 Å². The van der Waals surface area contributed by atoms with Crippen molar-refractivity contribution in [1.82, 2.24) is 5.32 Å². The van der Waals surface area contributed by atoms with Crippen LogP contribution in [0.3, 0.4) is 0 Å². The van der Waals surface area contributed by atoms with Crippen molar-refractivity contribution >= 4 is 17.5 Å². The zero-order chi connectivity index (χ0) is 19.4. The third-order valence-corrected chi connectivity index (χ3v) is 4.54. The normalized spacial score (nSPS) is 13.1. The molecule has 27 heavy (non-hydrogen) atoms. The van der Waals surface area contributed by atoms with Crippen molar-refractivity contribution < 1.29 is 24.2 Å². The van der Waals surface area contributed by atoms with Crippen molar-refractivity contribution in [2.75, 3.05) is 18.7 Å². The summed E-state index contributed by atoms with van der Waals surface area (Å²) >= 11 is 0. The molecule has 0 fully saturated rings. The average Bonchev–Trinajstić information content (AvgIpc) is 3.13. The molecule has 7 nitrogen and oxygen atoms in total. The number of ether oxygens (including phenoxy) is 2. The summed E-state index contributed by atoms with van der Waals surface area (Å²) in [6.45, 7) is 4.14. The van der Waals surface area contributed by atoms with E-state index < -0.39 is 17.9 Å². The van der Waals surface area contributed by atoms with Gasteiger partial charge in [0.15, 0.2) is 11.5 Å². The van der Waals surface area contributed by atoms with E-state index in [1.807, 2.05) is 26.0 Å². The van der Waals surface area contributed by atoms with E-state index in [1.165, 1.54) is 0 Å². The minimum Gasteiger partial charge on any atom is -0.454 e. The van der Waals surface area contributed by atoms with E-state index in [0.29, 0.717) is 22.7 Å². The number of hydrogen-bond donors (Lipinski definition) is 3. The maximum Gasteiger partial charge on any atom is 0.313 e. The summed E-state index contributed by atoms with van der Waals surface area (Å²) in [4.78, 5) is 24.0. The molecule has 0 bridgehead atoms. The number of carbonyl (C=O) groups is 2. The number of nitrogens with one attached hydrogen (secondary N) is 2. The number of rotatable bonds is 5. The van der Waals surface area contributed by atoms with Gasteiger partial charge in [0.05, 0.1) is 6.10 Å². The highest BCUT2D eigenvalue weighted by Gasteiger charge is 2.18. The number of fused-ring (bicyclic) bond motifs is 1. The molecular formula is C20H22N2O5. The highest BCUT2D eigenvalue weighted by molar-refractivity contribution is 6.39. The van der Waals surface area contributed by atoms with E-state index in [-0.39, 0.29) is 19.8 Å². The van der Waals surface area contributed by atoms with Crippen LogP contribution in [0.25, 0.3) is 0 Å². The monoisotopic (exact) mass is 370 g/mol. The molecular weight excluding hydrogens is 348 g/mol. The van der Waals surface area contributed by atoms with Gasteiger partial charge in [-0.25, -0.2) is 0 Å². The smallest absolute Gasteiger partial charge is 0.313 e. The molecule has 0 saturated heterocycles. The predicted octanol–water partition coefficient (Wildman–Crippen LogP) is 2.21. The molecule has 2 aromatic rings. The van der Waals surface area contributed by atoms with Gasteiger partial charge < -0.3 is 25.2 Å². The van der Waals surface area contributed by atoms with Crippen molar-refractivity contribution in [1.29, 1.82) is 0 Å². The first-order chi connectivity index (χ1) is 13.0. The number of amides is 2. The third kappa shape index (κ3) is 4.38. The summed E-state index contributed by atoms with van der Waals surface area (Å²) in [5, 5.41) is 15.4. The SMILES string of the molecule is Cc1cccc(NC(=O)C(=O)NCCC(O)c2ccc3c(c2)OCO3)c1C. The van der Waals surface area contributed by atoms with Gasteiger partial charge in [0.25, 0.3) is 0 Å². The lowest BCUT2D eigenvalue weighted by Crippen LogP contribution is -2.36. The summed E-state index contributed by atoms with van der Waals surface area (Å²) in [7, 11) is 0. The van der Waals surface area contributed by atoms with Gasteiger partial charge in [-0.3, -0.25) is 9.59 Å². The first-order valence-corrected chi connectivity index (χ1v) is 8.68. The fourth-order valence-electron chi connectivity index (χ4n) is 2.76. The molecule has 1 aliphatic heterocycles. The van der Waals surface area contributed by atoms with E-state index in [1.54, 1.807) is 24.3 Å². The lowest BCUT2D eigenvalue weighted by atomic mass is 10.1. The second-order valence-corrected chi connectivity index (χ2v) is 6.37. The van der Waals surface area contributed by atoms with Crippen molar-refractivity contribution in [2.45, 2.75) is 26.4 Å². The Bertz CT molecular complexity index is 865. The molecule has 7 heteroatoms. The highest BCUT2D eigenvalue weighted by Crippen LogP contribution is 2.34. The highest BCUT2D eigenvalue weighted by atomic mass is 16.7. The van der Waals surface area contributed by atoms with Gasteiger partial charge in [-0.2, -0.15) is 0 Å². The van der Waals surface area contributed by atoms with Gasteiger partial charge in [-0.05, 0) is 55.2 Å². The number of anilines is 1. The fraction of sp³-hybridized carbons (Fsp3) is 0.300. The summed E-state index contributed by atoms with van der Waals surface area (Å²) in [6, 6.07) is 10.7. The Balaban J connectivity index is 1.48. The van der Waals surface area contributed by atoms with E-state index >= 15 is 0 Å². The Morgan fingerprint density at radius 2 is 1.89 bits per heavy atom. The summed E-state index contributed by atoms with van der Waals surface area (Å²) in [5.41, 5.74) is 3.21. The molecule has 1 atom stereocenters. The van der Waals surface area contributed by atoms with Gasteiger partial charge in [0, 0.05) is 12.2 Å². The van der Waals surface area contributed by atoms with Crippen LogP contribution in [0.5, 0.6) is 11.5 Å². The fourth-order valence-corrected chi connectivity index (χ4v) is 2.76. The molecule has 2 aromatic carbocycles. The number of carbonyl (C=O) groups excluding carboxylic acids is 2. The first-order valence-electron chi connectivity index (χ1n) is 8.68. The van der Waals surface area contributed by atoms with Crippen molar-refractivity contribution in [3.8, 4) is 11.5 Å². The van der Waals surface area contributed by atoms with Gasteiger partial charge in [0.1, 0.15) is 0 Å². The molecule has 0 saturated carbocycles. The zero-order valence-corrected chi connectivity index (χ0v) is 15.2. The van der Waals surface area contributed by atoms with Crippen LogP contribution in [0.4, 0.5) is 5.69 Å². The predicted molar refractivity (Wildman–Crippen MR) is 99.7 cm³/mol. The summed E-state index contributed by atoms with van der Waals surface area (Å²) < 4.78 is 10.5. The lowest BCUT2D eigenvalue weighted by Gasteiger charge is -2.13. The molecule has 0 aromatic heterocycles. The maximum absolute atomic E-state index is 12.0. The standard InChI is InChI=1S/C20H22N2O5/c1-12-4-3-5-15(13(12)2)22-20(25)19(24)21-9-8-16(23)14-6-7-17-18(10-14)27-11-26-17/h3-7,10,16,23H,8-9,11H2,1-2H3,(H,21,24)(H,22,25). The van der Waals surface area contributed by atoms with E-state index in [4.69, 9.17) is 9.47 Å². The Morgan fingerprint density at radius 3 is 2.70 bits per heavy atom. The van der Waals surface area contributed by atoms with E-state index in [9.17, 15) is 14.7 Å². The lowest BCUT2D eigenvalue weighted by molar-refractivity contribution is -0.136. The number of aliphatic hydroxyl groups is 1. The summed E-state index contributed by atoms with van der Waals surface area (Å²) in [6.07, 6.45) is -0.524. The minimum atomic E-state index is -0.790.